The number of rotatable bonds is 8. The molecular weight excluding hydrogens is 419 g/mol. The summed E-state index contributed by atoms with van der Waals surface area (Å²) in [6.45, 7) is -0.238. The SMILES string of the molecule is O=C(COc1c(C(=O)O)sc2ccccc12)c1cc(F)ccc1OCc1ccccc1. The number of Topliss-reactive ketones (excluding diaryl/α,β-unsaturated/α-hetero) is 1. The van der Waals surface area contributed by atoms with E-state index < -0.39 is 24.2 Å². The summed E-state index contributed by atoms with van der Waals surface area (Å²) in [7, 11) is 0. The topological polar surface area (TPSA) is 72.8 Å². The van der Waals surface area contributed by atoms with Crippen LogP contribution < -0.4 is 9.47 Å². The Kier molecular flexibility index (Phi) is 5.95. The van der Waals surface area contributed by atoms with Crippen molar-refractivity contribution in [3.63, 3.8) is 0 Å². The van der Waals surface area contributed by atoms with E-state index in [0.717, 1.165) is 27.7 Å². The number of carboxylic acid groups (broad SMARTS) is 1. The first-order valence-corrected chi connectivity index (χ1v) is 10.2. The van der Waals surface area contributed by atoms with E-state index in [4.69, 9.17) is 9.47 Å². The third-order valence-electron chi connectivity index (χ3n) is 4.57. The second kappa shape index (κ2) is 8.97. The molecule has 0 saturated carbocycles. The van der Waals surface area contributed by atoms with E-state index in [1.165, 1.54) is 12.1 Å². The predicted octanol–water partition coefficient (Wildman–Crippen LogP) is 5.58. The fourth-order valence-corrected chi connectivity index (χ4v) is 4.09. The Balaban J connectivity index is 1.55. The summed E-state index contributed by atoms with van der Waals surface area (Å²) in [5.74, 6) is -1.88. The van der Waals surface area contributed by atoms with Gasteiger partial charge in [0.1, 0.15) is 18.2 Å². The monoisotopic (exact) mass is 436 g/mol. The van der Waals surface area contributed by atoms with E-state index >= 15 is 0 Å². The molecule has 156 valence electrons. The van der Waals surface area contributed by atoms with Gasteiger partial charge in [0.2, 0.25) is 5.78 Å². The van der Waals surface area contributed by atoms with Crippen LogP contribution in [-0.2, 0) is 6.61 Å². The fourth-order valence-electron chi connectivity index (χ4n) is 3.10. The first-order valence-electron chi connectivity index (χ1n) is 9.40. The smallest absolute Gasteiger partial charge is 0.349 e. The van der Waals surface area contributed by atoms with Crippen molar-refractivity contribution in [2.75, 3.05) is 6.61 Å². The lowest BCUT2D eigenvalue weighted by Crippen LogP contribution is -2.14. The van der Waals surface area contributed by atoms with Crippen LogP contribution in [0.4, 0.5) is 4.39 Å². The van der Waals surface area contributed by atoms with Crippen LogP contribution in [0.25, 0.3) is 10.1 Å². The summed E-state index contributed by atoms with van der Waals surface area (Å²) in [5.41, 5.74) is 0.935. The van der Waals surface area contributed by atoms with Crippen molar-refractivity contribution in [1.29, 1.82) is 0 Å². The molecule has 31 heavy (non-hydrogen) atoms. The molecule has 0 aliphatic carbocycles. The number of ketones is 1. The van der Waals surface area contributed by atoms with Gasteiger partial charge in [-0.2, -0.15) is 0 Å². The van der Waals surface area contributed by atoms with Gasteiger partial charge in [0, 0.05) is 10.1 Å². The first kappa shape index (κ1) is 20.6. The van der Waals surface area contributed by atoms with E-state index in [2.05, 4.69) is 0 Å². The average molecular weight is 436 g/mol. The van der Waals surface area contributed by atoms with Crippen LogP contribution in [0.1, 0.15) is 25.6 Å². The molecule has 0 unspecified atom stereocenters. The Morgan fingerprint density at radius 3 is 2.45 bits per heavy atom. The van der Waals surface area contributed by atoms with Gasteiger partial charge < -0.3 is 14.6 Å². The van der Waals surface area contributed by atoms with Crippen LogP contribution in [0.3, 0.4) is 0 Å². The minimum absolute atomic E-state index is 0.00814. The van der Waals surface area contributed by atoms with E-state index in [-0.39, 0.29) is 28.5 Å². The molecule has 0 fully saturated rings. The maximum atomic E-state index is 13.8. The molecular formula is C24H17FO5S. The number of aromatic carboxylic acids is 1. The van der Waals surface area contributed by atoms with Crippen LogP contribution in [0, 0.1) is 5.82 Å². The standard InChI is InChI=1S/C24H17FO5S/c25-16-10-11-20(29-13-15-6-2-1-3-7-15)18(12-16)19(26)14-30-22-17-8-4-5-9-21(17)31-23(22)24(27)28/h1-12H,13-14H2,(H,27,28). The quantitative estimate of drug-likeness (QED) is 0.365. The second-order valence-corrected chi connectivity index (χ2v) is 7.74. The van der Waals surface area contributed by atoms with E-state index in [0.29, 0.717) is 5.39 Å². The molecule has 1 aromatic heterocycles. The summed E-state index contributed by atoms with van der Waals surface area (Å²) in [6, 6.07) is 20.2. The van der Waals surface area contributed by atoms with Crippen LogP contribution in [0.5, 0.6) is 11.5 Å². The molecule has 0 bridgehead atoms. The molecule has 1 heterocycles. The summed E-state index contributed by atoms with van der Waals surface area (Å²) in [5, 5.41) is 10.1. The Hall–Kier alpha value is -3.71. The molecule has 3 aromatic carbocycles. The van der Waals surface area contributed by atoms with Gasteiger partial charge in [0.15, 0.2) is 17.2 Å². The van der Waals surface area contributed by atoms with Gasteiger partial charge in [-0.25, -0.2) is 9.18 Å². The summed E-state index contributed by atoms with van der Waals surface area (Å²) >= 11 is 1.07. The fraction of sp³-hybridized carbons (Fsp3) is 0.0833. The number of benzene rings is 3. The van der Waals surface area contributed by atoms with Gasteiger partial charge in [-0.3, -0.25) is 4.79 Å². The molecule has 4 aromatic rings. The van der Waals surface area contributed by atoms with Gasteiger partial charge in [0.25, 0.3) is 0 Å². The number of fused-ring (bicyclic) bond motifs is 1. The molecule has 0 spiro atoms. The minimum atomic E-state index is -1.14. The van der Waals surface area contributed by atoms with Gasteiger partial charge in [-0.05, 0) is 35.9 Å². The molecule has 0 radical (unpaired) electrons. The van der Waals surface area contributed by atoms with Crippen LogP contribution in [-0.4, -0.2) is 23.5 Å². The number of hydrogen-bond donors (Lipinski definition) is 1. The Morgan fingerprint density at radius 1 is 0.935 bits per heavy atom. The van der Waals surface area contributed by atoms with Crippen LogP contribution in [0.2, 0.25) is 0 Å². The highest BCUT2D eigenvalue weighted by molar-refractivity contribution is 7.21. The van der Waals surface area contributed by atoms with Crippen molar-refractivity contribution in [3.05, 3.63) is 94.6 Å². The molecule has 0 aliphatic rings. The lowest BCUT2D eigenvalue weighted by atomic mass is 10.1. The Bertz CT molecular complexity index is 1250. The highest BCUT2D eigenvalue weighted by Gasteiger charge is 2.21. The number of hydrogen-bond acceptors (Lipinski definition) is 5. The van der Waals surface area contributed by atoms with Gasteiger partial charge in [-0.15, -0.1) is 11.3 Å². The lowest BCUT2D eigenvalue weighted by molar-refractivity contribution is 0.0695. The molecule has 1 N–H and O–H groups in total. The Morgan fingerprint density at radius 2 is 1.68 bits per heavy atom. The summed E-state index contributed by atoms with van der Waals surface area (Å²) in [6.07, 6.45) is 0. The minimum Gasteiger partial charge on any atom is -0.488 e. The zero-order valence-electron chi connectivity index (χ0n) is 16.2. The number of carboxylic acids is 1. The molecule has 0 aliphatic heterocycles. The number of thiophene rings is 1. The van der Waals surface area contributed by atoms with Crippen molar-refractivity contribution >= 4 is 33.2 Å². The number of halogens is 1. The van der Waals surface area contributed by atoms with Crippen molar-refractivity contribution in [2.45, 2.75) is 6.61 Å². The van der Waals surface area contributed by atoms with E-state index in [1.807, 2.05) is 30.3 Å². The lowest BCUT2D eigenvalue weighted by Gasteiger charge is -2.12. The maximum absolute atomic E-state index is 13.8. The molecule has 0 atom stereocenters. The normalized spacial score (nSPS) is 10.7. The number of carbonyl (C=O) groups excluding carboxylic acids is 1. The summed E-state index contributed by atoms with van der Waals surface area (Å²) in [4.78, 5) is 24.4. The van der Waals surface area contributed by atoms with Crippen LogP contribution >= 0.6 is 11.3 Å². The van der Waals surface area contributed by atoms with E-state index in [9.17, 15) is 19.1 Å². The zero-order valence-corrected chi connectivity index (χ0v) is 17.0. The molecule has 4 rings (SSSR count). The predicted molar refractivity (Wildman–Crippen MR) is 116 cm³/mol. The number of ether oxygens (including phenoxy) is 2. The van der Waals surface area contributed by atoms with Gasteiger partial charge in [-0.1, -0.05) is 42.5 Å². The highest BCUT2D eigenvalue weighted by atomic mass is 32.1. The second-order valence-electron chi connectivity index (χ2n) is 6.69. The maximum Gasteiger partial charge on any atom is 0.349 e. The average Bonchev–Trinajstić information content (AvgIpc) is 3.16. The first-order chi connectivity index (χ1) is 15.0. The van der Waals surface area contributed by atoms with Crippen molar-refractivity contribution in [3.8, 4) is 11.5 Å². The zero-order chi connectivity index (χ0) is 21.8. The molecule has 5 nitrogen and oxygen atoms in total. The molecule has 0 saturated heterocycles. The van der Waals surface area contributed by atoms with E-state index in [1.54, 1.807) is 24.3 Å². The van der Waals surface area contributed by atoms with Gasteiger partial charge in [0.05, 0.1) is 5.56 Å². The third kappa shape index (κ3) is 4.57. The Labute approximate surface area is 181 Å². The van der Waals surface area contributed by atoms with Crippen molar-refractivity contribution < 1.29 is 28.6 Å². The summed E-state index contributed by atoms with van der Waals surface area (Å²) < 4.78 is 25.9. The third-order valence-corrected chi connectivity index (χ3v) is 5.71. The van der Waals surface area contributed by atoms with Crippen molar-refractivity contribution in [1.82, 2.24) is 0 Å². The van der Waals surface area contributed by atoms with Crippen LogP contribution in [0.15, 0.2) is 72.8 Å². The highest BCUT2D eigenvalue weighted by Crippen LogP contribution is 2.38. The molecule has 7 heteroatoms. The number of carbonyl (C=O) groups is 2. The van der Waals surface area contributed by atoms with Crippen molar-refractivity contribution in [2.24, 2.45) is 0 Å². The molecule has 0 amide bonds. The van der Waals surface area contributed by atoms with Gasteiger partial charge >= 0.3 is 5.97 Å². The largest absolute Gasteiger partial charge is 0.488 e.